The topological polar surface area (TPSA) is 51.4 Å². The molecule has 3 aliphatic rings. The first-order valence-electron chi connectivity index (χ1n) is 7.51. The summed E-state index contributed by atoms with van der Waals surface area (Å²) in [4.78, 5) is 0. The molecule has 3 saturated heterocycles. The second-order valence-corrected chi connectivity index (χ2v) is 8.02. The SMILES string of the molecule is ClSN(SC1NCNC12CCNCC2)C1CCCCN1. The van der Waals surface area contributed by atoms with Crippen LogP contribution in [0.2, 0.25) is 0 Å². The summed E-state index contributed by atoms with van der Waals surface area (Å²) in [6.07, 6.45) is 6.49. The molecule has 2 unspecified atom stereocenters. The summed E-state index contributed by atoms with van der Waals surface area (Å²) in [6, 6.07) is 0. The van der Waals surface area contributed by atoms with E-state index in [1.807, 2.05) is 11.9 Å². The largest absolute Gasteiger partial charge is 0.317 e. The van der Waals surface area contributed by atoms with Crippen molar-refractivity contribution in [1.29, 1.82) is 0 Å². The van der Waals surface area contributed by atoms with Crippen molar-refractivity contribution >= 4 is 33.8 Å². The van der Waals surface area contributed by atoms with E-state index in [0.717, 1.165) is 26.3 Å². The van der Waals surface area contributed by atoms with Crippen LogP contribution >= 0.6 is 33.8 Å². The van der Waals surface area contributed by atoms with Gasteiger partial charge in [0.05, 0.1) is 11.5 Å². The Balaban J connectivity index is 1.62. The summed E-state index contributed by atoms with van der Waals surface area (Å²) in [7, 11) is 6.13. The highest BCUT2D eigenvalue weighted by molar-refractivity contribution is 8.25. The van der Waals surface area contributed by atoms with Crippen LogP contribution in [0, 0.1) is 0 Å². The average Bonchev–Trinajstić information content (AvgIpc) is 2.88. The lowest BCUT2D eigenvalue weighted by molar-refractivity contribution is 0.276. The quantitative estimate of drug-likeness (QED) is 0.579. The fraction of sp³-hybridized carbons (Fsp3) is 1.00. The van der Waals surface area contributed by atoms with Crippen LogP contribution in [-0.2, 0) is 0 Å². The Morgan fingerprint density at radius 1 is 1.10 bits per heavy atom. The molecule has 0 radical (unpaired) electrons. The lowest BCUT2D eigenvalue weighted by Crippen LogP contribution is -2.55. The van der Waals surface area contributed by atoms with Gasteiger partial charge in [-0.3, -0.25) is 10.6 Å². The average molecular weight is 338 g/mol. The van der Waals surface area contributed by atoms with Crippen molar-refractivity contribution in [2.24, 2.45) is 0 Å². The summed E-state index contributed by atoms with van der Waals surface area (Å²) in [6.45, 7) is 4.20. The molecule has 0 bridgehead atoms. The van der Waals surface area contributed by atoms with E-state index in [4.69, 9.17) is 10.7 Å². The van der Waals surface area contributed by atoms with E-state index in [0.29, 0.717) is 11.5 Å². The number of halogens is 1. The minimum Gasteiger partial charge on any atom is -0.317 e. The van der Waals surface area contributed by atoms with Gasteiger partial charge in [0.2, 0.25) is 0 Å². The molecule has 8 heteroatoms. The number of rotatable bonds is 4. The van der Waals surface area contributed by atoms with Gasteiger partial charge in [0, 0.05) is 23.4 Å². The summed E-state index contributed by atoms with van der Waals surface area (Å²) < 4.78 is 2.25. The van der Waals surface area contributed by atoms with Gasteiger partial charge in [-0.25, -0.2) is 0 Å². The van der Waals surface area contributed by atoms with Gasteiger partial charge in [-0.05, 0) is 74.4 Å². The molecule has 0 aromatic carbocycles. The van der Waals surface area contributed by atoms with Gasteiger partial charge >= 0.3 is 0 Å². The maximum Gasteiger partial charge on any atom is 0.0885 e. The monoisotopic (exact) mass is 337 g/mol. The van der Waals surface area contributed by atoms with Gasteiger partial charge in [-0.2, -0.15) is 3.71 Å². The Morgan fingerprint density at radius 3 is 2.65 bits per heavy atom. The zero-order valence-electron chi connectivity index (χ0n) is 11.7. The number of nitrogens with one attached hydrogen (secondary N) is 4. The van der Waals surface area contributed by atoms with Crippen molar-refractivity contribution in [3.05, 3.63) is 0 Å². The molecule has 4 N–H and O–H groups in total. The molecule has 3 aliphatic heterocycles. The zero-order chi connectivity index (χ0) is 13.8. The van der Waals surface area contributed by atoms with E-state index in [9.17, 15) is 0 Å². The number of nitrogens with zero attached hydrogens (tertiary/aromatic N) is 1. The van der Waals surface area contributed by atoms with Crippen molar-refractivity contribution in [3.8, 4) is 0 Å². The standard InChI is InChI=1S/C12H24ClN5S2/c13-20-18(10-3-1-2-6-15-10)19-11-12(17-9-16-11)4-7-14-8-5-12/h10-11,14-17H,1-9H2. The third-order valence-electron chi connectivity index (χ3n) is 4.54. The molecule has 3 fully saturated rings. The molecule has 3 rings (SSSR count). The Hall–Kier alpha value is 0.790. The number of piperidine rings is 2. The Bertz CT molecular complexity index is 310. The molecule has 3 heterocycles. The molecule has 0 aromatic heterocycles. The van der Waals surface area contributed by atoms with Gasteiger partial charge in [0.25, 0.3) is 0 Å². The molecule has 0 amide bonds. The number of hydrogen-bond acceptors (Lipinski definition) is 7. The Morgan fingerprint density at radius 2 is 1.95 bits per heavy atom. The maximum atomic E-state index is 6.13. The lowest BCUT2D eigenvalue weighted by Gasteiger charge is -2.41. The van der Waals surface area contributed by atoms with Crippen LogP contribution in [0.5, 0.6) is 0 Å². The third-order valence-corrected chi connectivity index (χ3v) is 7.40. The van der Waals surface area contributed by atoms with Crippen LogP contribution in [0.15, 0.2) is 0 Å². The minimum absolute atomic E-state index is 0.218. The molecule has 0 aromatic rings. The van der Waals surface area contributed by atoms with E-state index in [-0.39, 0.29) is 5.54 Å². The molecule has 0 saturated carbocycles. The van der Waals surface area contributed by atoms with Crippen LogP contribution in [0.25, 0.3) is 0 Å². The van der Waals surface area contributed by atoms with E-state index in [1.54, 1.807) is 0 Å². The highest BCUT2D eigenvalue weighted by atomic mass is 35.7. The molecular formula is C12H24ClN5S2. The van der Waals surface area contributed by atoms with Crippen LogP contribution in [-0.4, -0.2) is 47.1 Å². The maximum absolute atomic E-state index is 6.13. The van der Waals surface area contributed by atoms with Gasteiger partial charge in [0.15, 0.2) is 0 Å². The minimum atomic E-state index is 0.218. The Kier molecular flexibility index (Phi) is 5.78. The van der Waals surface area contributed by atoms with Crippen LogP contribution < -0.4 is 21.3 Å². The van der Waals surface area contributed by atoms with E-state index >= 15 is 0 Å². The van der Waals surface area contributed by atoms with Crippen molar-refractivity contribution in [3.63, 3.8) is 0 Å². The summed E-state index contributed by atoms with van der Waals surface area (Å²) in [5, 5.41) is 14.7. The number of hydrogen-bond donors (Lipinski definition) is 4. The van der Waals surface area contributed by atoms with Crippen molar-refractivity contribution in [2.45, 2.75) is 49.2 Å². The molecule has 20 heavy (non-hydrogen) atoms. The van der Waals surface area contributed by atoms with Gasteiger partial charge in [-0.1, -0.05) is 0 Å². The smallest absolute Gasteiger partial charge is 0.0885 e. The van der Waals surface area contributed by atoms with Crippen molar-refractivity contribution < 1.29 is 0 Å². The van der Waals surface area contributed by atoms with Gasteiger partial charge < -0.3 is 10.6 Å². The predicted molar refractivity (Wildman–Crippen MR) is 88.3 cm³/mol. The predicted octanol–water partition coefficient (Wildman–Crippen LogP) is 1.44. The van der Waals surface area contributed by atoms with Crippen LogP contribution in [0.4, 0.5) is 0 Å². The van der Waals surface area contributed by atoms with Crippen LogP contribution in [0.1, 0.15) is 32.1 Å². The molecule has 5 nitrogen and oxygen atoms in total. The van der Waals surface area contributed by atoms with E-state index < -0.39 is 0 Å². The second kappa shape index (κ2) is 7.37. The van der Waals surface area contributed by atoms with Gasteiger partial charge in [0.1, 0.15) is 0 Å². The zero-order valence-corrected chi connectivity index (χ0v) is 14.0. The molecule has 0 aliphatic carbocycles. The Labute approximate surface area is 134 Å². The summed E-state index contributed by atoms with van der Waals surface area (Å²) >= 11 is 3.20. The lowest BCUT2D eigenvalue weighted by atomic mass is 9.89. The second-order valence-electron chi connectivity index (χ2n) is 5.77. The highest BCUT2D eigenvalue weighted by Gasteiger charge is 2.45. The first kappa shape index (κ1) is 15.7. The first-order valence-corrected chi connectivity index (χ1v) is 9.95. The summed E-state index contributed by atoms with van der Waals surface area (Å²) in [5.74, 6) is 0. The third kappa shape index (κ3) is 3.41. The fourth-order valence-corrected chi connectivity index (χ4v) is 5.77. The van der Waals surface area contributed by atoms with Crippen LogP contribution in [0.3, 0.4) is 0 Å². The molecular weight excluding hydrogens is 314 g/mol. The first-order chi connectivity index (χ1) is 9.84. The molecule has 1 spiro atoms. The fourth-order valence-electron chi connectivity index (χ4n) is 3.31. The van der Waals surface area contributed by atoms with E-state index in [2.05, 4.69) is 25.0 Å². The van der Waals surface area contributed by atoms with Gasteiger partial charge in [-0.15, -0.1) is 0 Å². The normalized spacial score (nSPS) is 33.9. The van der Waals surface area contributed by atoms with Crippen molar-refractivity contribution in [1.82, 2.24) is 25.0 Å². The highest BCUT2D eigenvalue weighted by Crippen LogP contribution is 2.39. The van der Waals surface area contributed by atoms with Crippen molar-refractivity contribution in [2.75, 3.05) is 26.3 Å². The van der Waals surface area contributed by atoms with E-state index in [1.165, 1.54) is 43.3 Å². The summed E-state index contributed by atoms with van der Waals surface area (Å²) in [5.41, 5.74) is 0.218. The molecule has 2 atom stereocenters. The molecule has 116 valence electrons.